The molecule has 6 rings (SSSR count). The fourth-order valence-corrected chi connectivity index (χ4v) is 6.60. The molecule has 2 aliphatic heterocycles. The first-order valence-corrected chi connectivity index (χ1v) is 18.9. The predicted octanol–water partition coefficient (Wildman–Crippen LogP) is 2.90. The number of carbonyl (C=O) groups is 6. The van der Waals surface area contributed by atoms with E-state index in [4.69, 9.17) is 0 Å². The van der Waals surface area contributed by atoms with E-state index in [9.17, 15) is 44.1 Å². The van der Waals surface area contributed by atoms with Gasteiger partial charge in [-0.3, -0.25) is 28.8 Å². The molecule has 14 heteroatoms. The fraction of sp³-hybridized carbons (Fsp3) is 0.286. The van der Waals surface area contributed by atoms with Crippen LogP contribution in [0.2, 0.25) is 0 Å². The highest BCUT2D eigenvalue weighted by atomic mass is 79.9. The van der Waals surface area contributed by atoms with Gasteiger partial charge in [0.1, 0.15) is 12.1 Å². The molecule has 0 saturated carbocycles. The van der Waals surface area contributed by atoms with Gasteiger partial charge in [0, 0.05) is 29.4 Å². The zero-order valence-electron chi connectivity index (χ0n) is 30.3. The molecular formula is C42H43BrN4O9. The average molecular weight is 828 g/mol. The van der Waals surface area contributed by atoms with Gasteiger partial charge in [-0.25, -0.2) is 0 Å². The Morgan fingerprint density at radius 1 is 0.589 bits per heavy atom. The molecule has 0 aromatic heterocycles. The van der Waals surface area contributed by atoms with Crippen LogP contribution >= 0.6 is 15.9 Å². The van der Waals surface area contributed by atoms with Gasteiger partial charge < -0.3 is 36.6 Å². The van der Waals surface area contributed by atoms with E-state index in [1.807, 2.05) is 30.3 Å². The van der Waals surface area contributed by atoms with Gasteiger partial charge in [-0.1, -0.05) is 101 Å². The third kappa shape index (κ3) is 11.9. The van der Waals surface area contributed by atoms with Crippen LogP contribution in [0, 0.1) is 5.92 Å². The number of amides is 4. The quantitative estimate of drug-likeness (QED) is 0.130. The van der Waals surface area contributed by atoms with Crippen LogP contribution in [-0.2, 0) is 54.5 Å². The van der Waals surface area contributed by atoms with Crippen molar-refractivity contribution < 1.29 is 44.1 Å². The molecule has 7 N–H and O–H groups in total. The summed E-state index contributed by atoms with van der Waals surface area (Å²) in [4.78, 5) is 81.1. The summed E-state index contributed by atoms with van der Waals surface area (Å²) in [5.41, 5.74) is 2.87. The second kappa shape index (κ2) is 19.8. The van der Waals surface area contributed by atoms with E-state index in [1.54, 1.807) is 66.7 Å². The summed E-state index contributed by atoms with van der Waals surface area (Å²) < 4.78 is 0.775. The number of fused-ring (bicyclic) bond motifs is 18. The number of carbonyl (C=O) groups excluding carboxylic acids is 5. The van der Waals surface area contributed by atoms with Crippen LogP contribution in [0.3, 0.4) is 0 Å². The molecule has 2 bridgehead atoms. The third-order valence-corrected chi connectivity index (χ3v) is 10.0. The van der Waals surface area contributed by atoms with Crippen LogP contribution < -0.4 is 21.3 Å². The minimum atomic E-state index is -2.29. The number of ketones is 1. The molecule has 0 saturated heterocycles. The van der Waals surface area contributed by atoms with E-state index in [2.05, 4.69) is 37.2 Å². The molecule has 4 aromatic carbocycles. The summed E-state index contributed by atoms with van der Waals surface area (Å²) >= 11 is 3.39. The fourth-order valence-electron chi connectivity index (χ4n) is 6.34. The molecule has 0 unspecified atom stereocenters. The van der Waals surface area contributed by atoms with Gasteiger partial charge in [-0.2, -0.15) is 0 Å². The Labute approximate surface area is 332 Å². The number of hydrogen-bond acceptors (Lipinski definition) is 8. The highest BCUT2D eigenvalue weighted by Gasteiger charge is 2.35. The Morgan fingerprint density at radius 3 is 1.66 bits per heavy atom. The van der Waals surface area contributed by atoms with E-state index in [1.165, 1.54) is 12.1 Å². The summed E-state index contributed by atoms with van der Waals surface area (Å²) in [5.74, 6) is -6.78. The Hall–Kier alpha value is -5.70. The van der Waals surface area contributed by atoms with Crippen LogP contribution in [0.25, 0.3) is 0 Å². The minimum absolute atomic E-state index is 0.0362. The number of hydrogen-bond donors (Lipinski definition) is 7. The second-order valence-corrected chi connectivity index (χ2v) is 14.6. The first kappa shape index (κ1) is 41.5. The zero-order valence-corrected chi connectivity index (χ0v) is 31.9. The van der Waals surface area contributed by atoms with Crippen molar-refractivity contribution in [2.75, 3.05) is 5.32 Å². The summed E-state index contributed by atoms with van der Waals surface area (Å²) in [7, 11) is 0. The second-order valence-electron chi connectivity index (χ2n) is 13.7. The van der Waals surface area contributed by atoms with Crippen molar-refractivity contribution in [3.05, 3.63) is 136 Å². The van der Waals surface area contributed by atoms with Crippen molar-refractivity contribution in [2.24, 2.45) is 5.92 Å². The number of carboxylic acids is 1. The Bertz CT molecular complexity index is 2000. The van der Waals surface area contributed by atoms with Gasteiger partial charge in [0.05, 0.1) is 12.0 Å². The normalized spacial score (nSPS) is 22.9. The highest BCUT2D eigenvalue weighted by Crippen LogP contribution is 2.20. The molecule has 0 radical (unpaired) electrons. The van der Waals surface area contributed by atoms with E-state index in [0.717, 1.165) is 10.0 Å². The van der Waals surface area contributed by atoms with Crippen molar-refractivity contribution in [2.45, 2.75) is 68.9 Å². The van der Waals surface area contributed by atoms with Crippen molar-refractivity contribution >= 4 is 57.0 Å². The van der Waals surface area contributed by atoms with Gasteiger partial charge >= 0.3 is 5.97 Å². The van der Waals surface area contributed by atoms with E-state index in [-0.39, 0.29) is 31.4 Å². The summed E-state index contributed by atoms with van der Waals surface area (Å²) in [6.45, 7) is 0. The number of aryl methyl sites for hydroxylation is 1. The largest absolute Gasteiger partial charge is 0.481 e. The maximum atomic E-state index is 14.3. The molecule has 0 spiro atoms. The van der Waals surface area contributed by atoms with E-state index < -0.39 is 78.1 Å². The van der Waals surface area contributed by atoms with Gasteiger partial charge in [-0.15, -0.1) is 0 Å². The molecule has 4 aromatic rings. The van der Waals surface area contributed by atoms with E-state index in [0.29, 0.717) is 23.1 Å². The number of aliphatic hydroxyl groups excluding tert-OH is 2. The minimum Gasteiger partial charge on any atom is -0.481 e. The molecule has 0 fully saturated rings. The van der Waals surface area contributed by atoms with Crippen LogP contribution in [0.5, 0.6) is 0 Å². The lowest BCUT2D eigenvalue weighted by Gasteiger charge is -2.27. The topological polar surface area (TPSA) is 211 Å². The van der Waals surface area contributed by atoms with Crippen molar-refractivity contribution in [3.63, 3.8) is 0 Å². The zero-order chi connectivity index (χ0) is 40.2. The summed E-state index contributed by atoms with van der Waals surface area (Å²) in [6.07, 6.45) is -4.60. The molecule has 56 heavy (non-hydrogen) atoms. The van der Waals surface area contributed by atoms with Crippen molar-refractivity contribution in [1.82, 2.24) is 16.0 Å². The number of nitrogens with one attached hydrogen (secondary N) is 4. The number of aliphatic hydroxyl groups is 2. The maximum absolute atomic E-state index is 14.3. The van der Waals surface area contributed by atoms with Gasteiger partial charge in [0.15, 0.2) is 18.0 Å². The lowest BCUT2D eigenvalue weighted by molar-refractivity contribution is -0.145. The van der Waals surface area contributed by atoms with Crippen molar-refractivity contribution in [1.29, 1.82) is 0 Å². The monoisotopic (exact) mass is 826 g/mol. The molecule has 4 amide bonds. The number of rotatable bonds is 8. The maximum Gasteiger partial charge on any atom is 0.307 e. The SMILES string of the molecule is O=C(O)[C@@H]1CC(=O)[C@@H](CCc2ccccc2)NC(=O)[C@H](Cc2ccc(Br)cc2)NC(=O)[C@@H](Cc2ccccc2)NC(=O)[C@H](O)[C@@H](O)C(=O)Nc2ccc(cc2)C1. The lowest BCUT2D eigenvalue weighted by Crippen LogP contribution is -2.58. The number of benzene rings is 4. The van der Waals surface area contributed by atoms with Crippen molar-refractivity contribution in [3.8, 4) is 0 Å². The van der Waals surface area contributed by atoms with Gasteiger partial charge in [-0.05, 0) is 65.8 Å². The average Bonchev–Trinajstić information content (AvgIpc) is 3.19. The lowest BCUT2D eigenvalue weighted by atomic mass is 9.90. The first-order valence-electron chi connectivity index (χ1n) is 18.1. The standard InChI is InChI=1S/C42H43BrN4O9/c43-30-16-11-28(12-17-30)23-33-38(51)45-32(20-15-25-7-3-1-4-8-25)35(48)24-29(42(55)56)21-27-13-18-31(19-14-27)44-40(53)36(49)37(50)41(54)47-34(39(52)46-33)22-26-9-5-2-6-10-26/h1-14,16-19,29,32-34,36-37,49-50H,15,20-24H2,(H,44,53)(H,45,51)(H,46,52)(H,47,54)(H,55,56)/t29-,32+,33-,34+,36+,37+/m0/s1. The number of Topliss-reactive ketones (excluding diaryl/α,β-unsaturated/α-hetero) is 1. The molecular weight excluding hydrogens is 784 g/mol. The van der Waals surface area contributed by atoms with Crippen LogP contribution in [0.4, 0.5) is 5.69 Å². The van der Waals surface area contributed by atoms with E-state index >= 15 is 0 Å². The molecule has 2 heterocycles. The highest BCUT2D eigenvalue weighted by molar-refractivity contribution is 9.10. The molecule has 0 aliphatic carbocycles. The Kier molecular flexibility index (Phi) is 14.6. The number of carboxylic acid groups (broad SMARTS) is 1. The number of anilines is 1. The van der Waals surface area contributed by atoms with Crippen LogP contribution in [0.1, 0.15) is 35.1 Å². The predicted molar refractivity (Wildman–Crippen MR) is 210 cm³/mol. The summed E-state index contributed by atoms with van der Waals surface area (Å²) in [6, 6.07) is 27.1. The van der Waals surface area contributed by atoms with Gasteiger partial charge in [0.2, 0.25) is 11.8 Å². The molecule has 292 valence electrons. The number of aliphatic carboxylic acids is 1. The Morgan fingerprint density at radius 2 is 1.09 bits per heavy atom. The van der Waals surface area contributed by atoms with Gasteiger partial charge in [0.25, 0.3) is 11.8 Å². The first-order chi connectivity index (χ1) is 26.9. The third-order valence-electron chi connectivity index (χ3n) is 9.51. The van der Waals surface area contributed by atoms with Crippen LogP contribution in [0.15, 0.2) is 114 Å². The molecule has 2 aliphatic rings. The smallest absolute Gasteiger partial charge is 0.307 e. The molecule has 6 atom stereocenters. The Balaban J connectivity index is 1.53. The summed E-state index contributed by atoms with van der Waals surface area (Å²) in [5, 5.41) is 41.9. The number of halogens is 1. The molecule has 13 nitrogen and oxygen atoms in total. The van der Waals surface area contributed by atoms with Crippen LogP contribution in [-0.4, -0.2) is 81.0 Å².